The van der Waals surface area contributed by atoms with Crippen LogP contribution in [0, 0.1) is 0 Å². The minimum absolute atomic E-state index is 1.22. The van der Waals surface area contributed by atoms with E-state index in [0.29, 0.717) is 0 Å². The van der Waals surface area contributed by atoms with Gasteiger partial charge in [0.1, 0.15) is 0 Å². The van der Waals surface area contributed by atoms with Crippen LogP contribution in [0.25, 0.3) is 130 Å². The molecule has 14 bridgehead atoms. The molecule has 0 amide bonds. The molecule has 0 aliphatic heterocycles. The molecule has 10 aromatic carbocycles. The quantitative estimate of drug-likeness (QED) is 0.148. The number of para-hydroxylation sites is 2. The highest BCUT2D eigenvalue weighted by atomic mass is 14.9. The predicted molar refractivity (Wildman–Crippen MR) is 241 cm³/mol. The normalized spacial score (nSPS) is 12.6. The topological polar surface area (TPSA) is 8.82 Å². The molecule has 0 fully saturated rings. The van der Waals surface area contributed by atoms with Crippen LogP contribution in [-0.2, 0) is 0 Å². The van der Waals surface area contributed by atoms with E-state index in [1.54, 1.807) is 0 Å². The zero-order chi connectivity index (χ0) is 36.2. The highest BCUT2D eigenvalue weighted by Gasteiger charge is 2.20. The van der Waals surface area contributed by atoms with Crippen LogP contribution in [-0.4, -0.2) is 8.80 Å². The van der Waals surface area contributed by atoms with Crippen molar-refractivity contribution in [1.29, 1.82) is 0 Å². The summed E-state index contributed by atoms with van der Waals surface area (Å²) in [6.45, 7) is 0. The molecule has 0 N–H and O–H groups in total. The summed E-state index contributed by atoms with van der Waals surface area (Å²) >= 11 is 0. The van der Waals surface area contributed by atoms with Crippen molar-refractivity contribution < 1.29 is 0 Å². The number of hydrogen-bond donors (Lipinski definition) is 0. The van der Waals surface area contributed by atoms with Crippen LogP contribution < -0.4 is 0 Å². The standard InChI is InChI=1S/C54H30N2/c1-3-16-49-41(14-1)45-27-39-29-47-44-26-38(19-21-52(44)56(49)53(45)47)40-28-46-42-15-2-4-17-50(42)55-51-20-18-37(25-43(51)48(30-40)54(46)55)35-12-6-10-33(23-35)31-8-5-9-32(22-31)34-11-7-13-36(39)24-34/h1-30H. The van der Waals surface area contributed by atoms with E-state index in [2.05, 4.69) is 191 Å². The summed E-state index contributed by atoms with van der Waals surface area (Å²) in [7, 11) is 0. The molecule has 4 heterocycles. The fourth-order valence-electron chi connectivity index (χ4n) is 10.3. The molecule has 0 unspecified atom stereocenters. The van der Waals surface area contributed by atoms with Crippen LogP contribution in [0.4, 0.5) is 0 Å². The van der Waals surface area contributed by atoms with Gasteiger partial charge in [-0.25, -0.2) is 0 Å². The van der Waals surface area contributed by atoms with E-state index >= 15 is 0 Å². The van der Waals surface area contributed by atoms with E-state index in [4.69, 9.17) is 0 Å². The minimum atomic E-state index is 1.22. The molecular formula is C54H30N2. The average Bonchev–Trinajstić information content (AvgIpc) is 3.99. The third kappa shape index (κ3) is 3.66. The second-order valence-electron chi connectivity index (χ2n) is 15.8. The zero-order valence-electron chi connectivity index (χ0n) is 30.2. The first kappa shape index (κ1) is 29.0. The van der Waals surface area contributed by atoms with Gasteiger partial charge in [-0.3, -0.25) is 0 Å². The van der Waals surface area contributed by atoms with Gasteiger partial charge in [-0.15, -0.1) is 0 Å². The number of hydrogen-bond acceptors (Lipinski definition) is 0. The zero-order valence-corrected chi connectivity index (χ0v) is 30.2. The van der Waals surface area contributed by atoms with Crippen molar-refractivity contribution in [3.05, 3.63) is 182 Å². The second-order valence-corrected chi connectivity index (χ2v) is 15.8. The van der Waals surface area contributed by atoms with Crippen molar-refractivity contribution in [2.75, 3.05) is 0 Å². The Morgan fingerprint density at radius 3 is 0.929 bits per heavy atom. The molecule has 256 valence electrons. The average molecular weight is 707 g/mol. The van der Waals surface area contributed by atoms with Crippen LogP contribution in [0.3, 0.4) is 0 Å². The Bertz CT molecular complexity index is 4100. The van der Waals surface area contributed by atoms with Crippen LogP contribution in [0.2, 0.25) is 0 Å². The van der Waals surface area contributed by atoms with E-state index in [1.165, 1.54) is 130 Å². The van der Waals surface area contributed by atoms with Crippen molar-refractivity contribution in [2.24, 2.45) is 0 Å². The summed E-state index contributed by atoms with van der Waals surface area (Å²) in [5.41, 5.74) is 7.59. The Labute approximate surface area is 319 Å². The fraction of sp³-hybridized carbons (Fsp3) is 0. The maximum absolute atomic E-state index is 2.49. The molecule has 2 nitrogen and oxygen atoms in total. The highest BCUT2D eigenvalue weighted by Crippen LogP contribution is 2.44. The van der Waals surface area contributed by atoms with Crippen molar-refractivity contribution >= 4 is 130 Å². The molecule has 0 saturated heterocycles. The van der Waals surface area contributed by atoms with Gasteiger partial charge in [-0.1, -0.05) is 103 Å². The molecule has 0 aliphatic rings. The molecular weight excluding hydrogens is 677 g/mol. The lowest BCUT2D eigenvalue weighted by atomic mass is 10.0. The summed E-state index contributed by atoms with van der Waals surface area (Å²) in [6.07, 6.45) is 0. The van der Waals surface area contributed by atoms with E-state index in [1.807, 2.05) is 0 Å². The molecule has 0 atom stereocenters. The molecule has 4 aromatic heterocycles. The lowest BCUT2D eigenvalue weighted by Gasteiger charge is -2.02. The third-order valence-electron chi connectivity index (χ3n) is 12.8. The fourth-order valence-corrected chi connectivity index (χ4v) is 10.3. The van der Waals surface area contributed by atoms with Gasteiger partial charge in [-0.05, 0) is 133 Å². The lowest BCUT2D eigenvalue weighted by molar-refractivity contribution is 1.37. The minimum Gasteiger partial charge on any atom is -0.308 e. The van der Waals surface area contributed by atoms with E-state index < -0.39 is 0 Å². The summed E-state index contributed by atoms with van der Waals surface area (Å²) in [5, 5.41) is 22.6. The second kappa shape index (κ2) is 10.2. The summed E-state index contributed by atoms with van der Waals surface area (Å²) < 4.78 is 4.98. The van der Waals surface area contributed by atoms with Crippen molar-refractivity contribution in [2.45, 2.75) is 0 Å². The van der Waals surface area contributed by atoms with Crippen LogP contribution in [0.5, 0.6) is 0 Å². The largest absolute Gasteiger partial charge is 0.308 e. The van der Waals surface area contributed by atoms with E-state index in [-0.39, 0.29) is 0 Å². The first-order chi connectivity index (χ1) is 27.7. The Morgan fingerprint density at radius 2 is 0.500 bits per heavy atom. The van der Waals surface area contributed by atoms with Gasteiger partial charge in [0.25, 0.3) is 0 Å². The predicted octanol–water partition coefficient (Wildman–Crippen LogP) is 14.9. The first-order valence-electron chi connectivity index (χ1n) is 19.5. The highest BCUT2D eigenvalue weighted by molar-refractivity contribution is 6.28. The first-order valence-corrected chi connectivity index (χ1v) is 19.5. The number of rotatable bonds is 0. The number of nitrogens with zero attached hydrogens (tertiary/aromatic N) is 2. The summed E-state index contributed by atoms with van der Waals surface area (Å²) in [6, 6.07) is 68.9. The van der Waals surface area contributed by atoms with E-state index in [9.17, 15) is 0 Å². The van der Waals surface area contributed by atoms with Gasteiger partial charge < -0.3 is 8.80 Å². The third-order valence-corrected chi connectivity index (χ3v) is 12.8. The Kier molecular flexibility index (Phi) is 5.28. The van der Waals surface area contributed by atoms with Crippen molar-refractivity contribution in [3.8, 4) is 0 Å². The van der Waals surface area contributed by atoms with Gasteiger partial charge in [0.2, 0.25) is 0 Å². The number of aromatic nitrogens is 2. The van der Waals surface area contributed by atoms with Gasteiger partial charge >= 0.3 is 0 Å². The molecule has 14 rings (SSSR count). The molecule has 0 radical (unpaired) electrons. The summed E-state index contributed by atoms with van der Waals surface area (Å²) in [5.74, 6) is 0. The maximum atomic E-state index is 2.49. The smallest absolute Gasteiger partial charge is 0.0620 e. The number of fused-ring (bicyclic) bond motifs is 23. The van der Waals surface area contributed by atoms with Gasteiger partial charge in [0, 0.05) is 43.1 Å². The molecule has 2 heteroatoms. The lowest BCUT2D eigenvalue weighted by Crippen LogP contribution is -1.80. The van der Waals surface area contributed by atoms with E-state index in [0.717, 1.165) is 0 Å². The van der Waals surface area contributed by atoms with Gasteiger partial charge in [0.15, 0.2) is 0 Å². The Balaban J connectivity index is 1.25. The number of benzene rings is 9. The van der Waals surface area contributed by atoms with Crippen LogP contribution in [0.15, 0.2) is 182 Å². The molecule has 0 saturated carbocycles. The molecule has 14 aromatic rings. The van der Waals surface area contributed by atoms with Gasteiger partial charge in [0.05, 0.1) is 33.1 Å². The Morgan fingerprint density at radius 1 is 0.196 bits per heavy atom. The monoisotopic (exact) mass is 706 g/mol. The molecule has 0 aliphatic carbocycles. The SMILES string of the molecule is c1cc2cc(c1)c1cccc(c1)c1cc3c4ccccc4n4c5ccc(cc5c(c1)c34)c1cc3c4ccccc4n4c5ccc(cc5c(c1)c34)c1cccc2c1. The molecule has 56 heavy (non-hydrogen) atoms. The van der Waals surface area contributed by atoms with Crippen molar-refractivity contribution in [3.63, 3.8) is 0 Å². The molecule has 0 spiro atoms. The maximum Gasteiger partial charge on any atom is 0.0620 e. The summed E-state index contributed by atoms with van der Waals surface area (Å²) in [4.78, 5) is 0. The van der Waals surface area contributed by atoms with Crippen LogP contribution in [0.1, 0.15) is 0 Å². The van der Waals surface area contributed by atoms with Crippen molar-refractivity contribution in [1.82, 2.24) is 8.80 Å². The Hall–Kier alpha value is -7.42. The van der Waals surface area contributed by atoms with Gasteiger partial charge in [-0.2, -0.15) is 0 Å². The van der Waals surface area contributed by atoms with Crippen LogP contribution >= 0.6 is 0 Å².